The van der Waals surface area contributed by atoms with Gasteiger partial charge in [-0.2, -0.15) is 0 Å². The van der Waals surface area contributed by atoms with Crippen LogP contribution in [0, 0.1) is 17.6 Å². The second kappa shape index (κ2) is 10.9. The van der Waals surface area contributed by atoms with E-state index in [1.54, 1.807) is 14.2 Å². The highest BCUT2D eigenvalue weighted by molar-refractivity contribution is 5.90. The summed E-state index contributed by atoms with van der Waals surface area (Å²) in [7, 11) is 3.26. The van der Waals surface area contributed by atoms with Crippen molar-refractivity contribution >= 4 is 17.3 Å². The van der Waals surface area contributed by atoms with Gasteiger partial charge in [-0.3, -0.25) is 4.79 Å². The van der Waals surface area contributed by atoms with E-state index in [0.29, 0.717) is 17.1 Å². The molecule has 0 saturated heterocycles. The summed E-state index contributed by atoms with van der Waals surface area (Å²) in [6, 6.07) is 9.88. The maximum absolute atomic E-state index is 14.3. The third-order valence-electron chi connectivity index (χ3n) is 8.39. The molecule has 5 rings (SSSR count). The summed E-state index contributed by atoms with van der Waals surface area (Å²) in [5, 5.41) is 10.2. The lowest BCUT2D eigenvalue weighted by Gasteiger charge is -2.47. The van der Waals surface area contributed by atoms with Crippen molar-refractivity contribution in [1.29, 1.82) is 0 Å². The Hall–Kier alpha value is -2.87. The van der Waals surface area contributed by atoms with E-state index >= 15 is 0 Å². The van der Waals surface area contributed by atoms with Gasteiger partial charge >= 0.3 is 0 Å². The fourth-order valence-corrected chi connectivity index (χ4v) is 6.64. The van der Waals surface area contributed by atoms with Gasteiger partial charge in [-0.25, -0.2) is 8.78 Å². The normalized spacial score (nSPS) is 21.0. The molecule has 0 bridgehead atoms. The molecule has 2 aromatic rings. The lowest BCUT2D eigenvalue weighted by atomic mass is 9.73. The molecule has 0 spiro atoms. The zero-order valence-corrected chi connectivity index (χ0v) is 21.6. The van der Waals surface area contributed by atoms with Crippen molar-refractivity contribution < 1.29 is 23.0 Å². The van der Waals surface area contributed by atoms with Gasteiger partial charge in [0.05, 0.1) is 18.5 Å². The predicted octanol–water partition coefficient (Wildman–Crippen LogP) is 5.95. The number of rotatable bonds is 8. The highest BCUT2D eigenvalue weighted by atomic mass is 19.2. The minimum absolute atomic E-state index is 0.111. The molecular formula is C29H37F2N3O3. The van der Waals surface area contributed by atoms with Crippen LogP contribution < -0.4 is 20.7 Å². The number of fused-ring (bicyclic) bond motifs is 1. The second-order valence-corrected chi connectivity index (χ2v) is 10.7. The molecule has 3 aliphatic rings. The molecule has 2 saturated carbocycles. The van der Waals surface area contributed by atoms with Crippen molar-refractivity contribution in [2.24, 2.45) is 5.92 Å². The maximum Gasteiger partial charge on any atom is 0.232 e. The average molecular weight is 514 g/mol. The van der Waals surface area contributed by atoms with Gasteiger partial charge in [-0.1, -0.05) is 44.2 Å². The van der Waals surface area contributed by atoms with Gasteiger partial charge < -0.3 is 25.4 Å². The summed E-state index contributed by atoms with van der Waals surface area (Å²) >= 11 is 0. The Kier molecular flexibility index (Phi) is 7.56. The van der Waals surface area contributed by atoms with E-state index in [9.17, 15) is 13.6 Å². The molecule has 1 amide bonds. The molecule has 2 aliphatic carbocycles. The van der Waals surface area contributed by atoms with Crippen LogP contribution in [0.15, 0.2) is 36.4 Å². The molecule has 1 aliphatic heterocycles. The highest BCUT2D eigenvalue weighted by Gasteiger charge is 2.56. The monoisotopic (exact) mass is 513 g/mol. The Labute approximate surface area is 217 Å². The molecular weight excluding hydrogens is 476 g/mol. The number of nitrogens with one attached hydrogen (secondary N) is 3. The number of anilines is 2. The van der Waals surface area contributed by atoms with Gasteiger partial charge in [0.15, 0.2) is 17.3 Å². The van der Waals surface area contributed by atoms with Crippen LogP contribution in [0.5, 0.6) is 5.75 Å². The topological polar surface area (TPSA) is 71.6 Å². The quantitative estimate of drug-likeness (QED) is 0.407. The Bertz CT molecular complexity index is 1070. The first-order valence-electron chi connectivity index (χ1n) is 13.5. The third-order valence-corrected chi connectivity index (χ3v) is 8.39. The lowest BCUT2D eigenvalue weighted by molar-refractivity contribution is -0.126. The second-order valence-electron chi connectivity index (χ2n) is 10.7. The van der Waals surface area contributed by atoms with E-state index in [4.69, 9.17) is 9.47 Å². The van der Waals surface area contributed by atoms with E-state index in [1.807, 2.05) is 24.3 Å². The maximum atomic E-state index is 14.3. The number of hydrogen-bond acceptors (Lipinski definition) is 5. The fourth-order valence-electron chi connectivity index (χ4n) is 6.64. The number of carbonyl (C=O) groups is 1. The molecule has 8 heteroatoms. The van der Waals surface area contributed by atoms with Gasteiger partial charge in [-0.05, 0) is 49.3 Å². The van der Waals surface area contributed by atoms with Gasteiger partial charge in [-0.15, -0.1) is 0 Å². The first-order chi connectivity index (χ1) is 17.9. The van der Waals surface area contributed by atoms with Crippen LogP contribution in [-0.2, 0) is 9.53 Å². The molecule has 6 nitrogen and oxygen atoms in total. The molecule has 0 radical (unpaired) electrons. The standard InChI is InChI=1S/C29H37F2N3O3/c1-36-21-14-12-18(13-15-21)26(28(35)32-20-10-6-7-11-20)29(27(37-2)19-8-4-3-5-9-19)33-24-16-22(30)23(31)17-25(24)34-29/h12-17,19-20,26-27,33-34H,3-11H2,1-2H3,(H,32,35). The van der Waals surface area contributed by atoms with Crippen LogP contribution in [0.4, 0.5) is 20.2 Å². The van der Waals surface area contributed by atoms with Crippen molar-refractivity contribution in [3.63, 3.8) is 0 Å². The van der Waals surface area contributed by atoms with Crippen molar-refractivity contribution in [3.8, 4) is 5.75 Å². The SMILES string of the molecule is COc1ccc(C(C(=O)NC2CCCC2)C2(C(OC)C3CCCCC3)Nc3cc(F)c(F)cc3N2)cc1. The zero-order valence-electron chi connectivity index (χ0n) is 21.6. The number of carbonyl (C=O) groups excluding carboxylic acids is 1. The number of benzene rings is 2. The lowest BCUT2D eigenvalue weighted by Crippen LogP contribution is -2.63. The number of amides is 1. The van der Waals surface area contributed by atoms with Crippen LogP contribution in [0.3, 0.4) is 0 Å². The van der Waals surface area contributed by atoms with E-state index in [0.717, 1.165) is 69.1 Å². The number of halogens is 2. The van der Waals surface area contributed by atoms with E-state index in [2.05, 4.69) is 16.0 Å². The van der Waals surface area contributed by atoms with Gasteiger partial charge in [0.25, 0.3) is 0 Å². The Morgan fingerprint density at radius 3 is 2.03 bits per heavy atom. The molecule has 2 aromatic carbocycles. The summed E-state index contributed by atoms with van der Waals surface area (Å²) in [5.41, 5.74) is 0.451. The first-order valence-corrected chi connectivity index (χ1v) is 13.5. The van der Waals surface area contributed by atoms with Crippen LogP contribution >= 0.6 is 0 Å². The van der Waals surface area contributed by atoms with E-state index in [1.165, 1.54) is 6.42 Å². The van der Waals surface area contributed by atoms with E-state index in [-0.39, 0.29) is 17.9 Å². The fraction of sp³-hybridized carbons (Fsp3) is 0.552. The van der Waals surface area contributed by atoms with Gasteiger partial charge in [0.1, 0.15) is 17.8 Å². The third kappa shape index (κ3) is 5.00. The largest absolute Gasteiger partial charge is 0.497 e. The minimum atomic E-state index is -1.16. The smallest absolute Gasteiger partial charge is 0.232 e. The minimum Gasteiger partial charge on any atom is -0.497 e. The number of hydrogen-bond donors (Lipinski definition) is 3. The van der Waals surface area contributed by atoms with Crippen molar-refractivity contribution in [2.75, 3.05) is 24.9 Å². The molecule has 2 atom stereocenters. The van der Waals surface area contributed by atoms with Crippen molar-refractivity contribution in [3.05, 3.63) is 53.6 Å². The van der Waals surface area contributed by atoms with Crippen molar-refractivity contribution in [1.82, 2.24) is 5.32 Å². The summed E-state index contributed by atoms with van der Waals surface area (Å²) in [6.07, 6.45) is 8.89. The zero-order chi connectivity index (χ0) is 26.0. The Balaban J connectivity index is 1.63. The summed E-state index contributed by atoms with van der Waals surface area (Å²) in [4.78, 5) is 14.2. The van der Waals surface area contributed by atoms with Crippen LogP contribution in [0.25, 0.3) is 0 Å². The van der Waals surface area contributed by atoms with Crippen LogP contribution in [0.2, 0.25) is 0 Å². The molecule has 1 heterocycles. The number of ether oxygens (including phenoxy) is 2. The molecule has 200 valence electrons. The Morgan fingerprint density at radius 1 is 0.919 bits per heavy atom. The molecule has 37 heavy (non-hydrogen) atoms. The average Bonchev–Trinajstić information content (AvgIpc) is 3.54. The molecule has 3 N–H and O–H groups in total. The summed E-state index contributed by atoms with van der Waals surface area (Å²) in [6.45, 7) is 0. The van der Waals surface area contributed by atoms with Gasteiger partial charge in [0.2, 0.25) is 5.91 Å². The summed E-state index contributed by atoms with van der Waals surface area (Å²) < 4.78 is 40.3. The molecule has 2 unspecified atom stereocenters. The molecule has 0 aromatic heterocycles. The summed E-state index contributed by atoms with van der Waals surface area (Å²) in [5.74, 6) is -1.90. The van der Waals surface area contributed by atoms with Crippen molar-refractivity contribution in [2.45, 2.75) is 81.5 Å². The van der Waals surface area contributed by atoms with Crippen LogP contribution in [-0.4, -0.2) is 37.9 Å². The highest BCUT2D eigenvalue weighted by Crippen LogP contribution is 2.48. The number of methoxy groups -OCH3 is 2. The van der Waals surface area contributed by atoms with E-state index < -0.39 is 29.3 Å². The van der Waals surface area contributed by atoms with Gasteiger partial charge in [0, 0.05) is 25.3 Å². The van der Waals surface area contributed by atoms with Crippen LogP contribution in [0.1, 0.15) is 69.3 Å². The Morgan fingerprint density at radius 2 is 1.49 bits per heavy atom. The molecule has 2 fully saturated rings. The predicted molar refractivity (Wildman–Crippen MR) is 140 cm³/mol. The first kappa shape index (κ1) is 25.8.